The molecule has 0 aliphatic heterocycles. The van der Waals surface area contributed by atoms with Gasteiger partial charge in [-0.3, -0.25) is 0 Å². The topological polar surface area (TPSA) is 65.0 Å². The maximum absolute atomic E-state index is 10.8. The molecule has 0 aliphatic rings. The number of aromatic carboxylic acids is 1. The van der Waals surface area contributed by atoms with Gasteiger partial charge in [0.15, 0.2) is 11.5 Å². The monoisotopic (exact) mass is 236 g/mol. The predicted octanol–water partition coefficient (Wildman–Crippen LogP) is -1.47. The Morgan fingerprint density at radius 1 is 1.12 bits per heavy atom. The van der Waals surface area contributed by atoms with E-state index < -0.39 is 5.97 Å². The van der Waals surface area contributed by atoms with E-state index in [2.05, 4.69) is 0 Å². The minimum Gasteiger partial charge on any atom is -1.00 e. The summed E-state index contributed by atoms with van der Waals surface area (Å²) in [5.74, 6) is -0.0113. The molecule has 0 fully saturated rings. The molecule has 0 saturated heterocycles. The van der Waals surface area contributed by atoms with Crippen LogP contribution in [0.4, 0.5) is 0 Å². The predicted molar refractivity (Wildman–Crippen MR) is 54.2 cm³/mol. The Bertz CT molecular complexity index is 358. The number of carbonyl (C=O) groups is 1. The van der Waals surface area contributed by atoms with Crippen LogP contribution in [0.5, 0.6) is 17.2 Å². The van der Waals surface area contributed by atoms with Crippen molar-refractivity contribution in [3.8, 4) is 17.2 Å². The number of carboxylic acid groups (broad SMARTS) is 1. The third kappa shape index (κ3) is 3.04. The van der Waals surface area contributed by atoms with Gasteiger partial charge in [-0.05, 0) is 12.1 Å². The Labute approximate surface area is 117 Å². The molecule has 1 aromatic rings. The Balaban J connectivity index is 0. The van der Waals surface area contributed by atoms with Crippen LogP contribution >= 0.6 is 0 Å². The SMILES string of the molecule is COc1cc(C(=O)O)cc(OC)c1OC.[H-].[Na+]. The second kappa shape index (κ2) is 6.62. The molecule has 1 rings (SSSR count). The van der Waals surface area contributed by atoms with E-state index in [-0.39, 0.29) is 36.5 Å². The summed E-state index contributed by atoms with van der Waals surface area (Å²) >= 11 is 0. The Kier molecular flexibility index (Phi) is 6.25. The Hall–Kier alpha value is -0.910. The molecule has 1 N–H and O–H groups in total. The van der Waals surface area contributed by atoms with Gasteiger partial charge in [0.25, 0.3) is 0 Å². The van der Waals surface area contributed by atoms with Gasteiger partial charge >= 0.3 is 35.5 Å². The quantitative estimate of drug-likeness (QED) is 0.646. The van der Waals surface area contributed by atoms with Crippen molar-refractivity contribution >= 4 is 5.97 Å². The third-order valence-corrected chi connectivity index (χ3v) is 1.91. The van der Waals surface area contributed by atoms with Crippen LogP contribution in [-0.2, 0) is 0 Å². The molecular formula is C10H13NaO5. The van der Waals surface area contributed by atoms with E-state index in [1.54, 1.807) is 0 Å². The van der Waals surface area contributed by atoms with Gasteiger partial charge in [-0.1, -0.05) is 0 Å². The fraction of sp³-hybridized carbons (Fsp3) is 0.300. The molecule has 5 nitrogen and oxygen atoms in total. The van der Waals surface area contributed by atoms with E-state index in [4.69, 9.17) is 19.3 Å². The first-order valence-electron chi connectivity index (χ1n) is 4.17. The van der Waals surface area contributed by atoms with Crippen LogP contribution in [0, 0.1) is 0 Å². The minimum atomic E-state index is -1.05. The first-order valence-corrected chi connectivity index (χ1v) is 4.17. The molecule has 0 heterocycles. The van der Waals surface area contributed by atoms with Crippen LogP contribution in [0.3, 0.4) is 0 Å². The molecule has 0 radical (unpaired) electrons. The zero-order valence-corrected chi connectivity index (χ0v) is 11.7. The maximum Gasteiger partial charge on any atom is 1.00 e. The van der Waals surface area contributed by atoms with Crippen molar-refractivity contribution in [1.82, 2.24) is 0 Å². The summed E-state index contributed by atoms with van der Waals surface area (Å²) < 4.78 is 15.1. The van der Waals surface area contributed by atoms with Crippen LogP contribution in [0.25, 0.3) is 0 Å². The molecule has 16 heavy (non-hydrogen) atoms. The van der Waals surface area contributed by atoms with Crippen molar-refractivity contribution in [2.45, 2.75) is 0 Å². The molecule has 84 valence electrons. The number of methoxy groups -OCH3 is 3. The largest absolute Gasteiger partial charge is 1.00 e. The van der Waals surface area contributed by atoms with Crippen molar-refractivity contribution in [2.24, 2.45) is 0 Å². The van der Waals surface area contributed by atoms with Crippen LogP contribution in [0.2, 0.25) is 0 Å². The molecule has 0 aliphatic carbocycles. The Morgan fingerprint density at radius 2 is 1.56 bits per heavy atom. The number of rotatable bonds is 4. The fourth-order valence-corrected chi connectivity index (χ4v) is 1.20. The van der Waals surface area contributed by atoms with Gasteiger partial charge in [-0.25, -0.2) is 4.79 Å². The van der Waals surface area contributed by atoms with E-state index in [0.29, 0.717) is 17.2 Å². The summed E-state index contributed by atoms with van der Waals surface area (Å²) in [7, 11) is 4.33. The summed E-state index contributed by atoms with van der Waals surface area (Å²) in [6.07, 6.45) is 0. The van der Waals surface area contributed by atoms with Crippen molar-refractivity contribution < 1.29 is 55.1 Å². The fourth-order valence-electron chi connectivity index (χ4n) is 1.20. The van der Waals surface area contributed by atoms with Crippen LogP contribution in [0.1, 0.15) is 11.8 Å². The number of hydrogen-bond acceptors (Lipinski definition) is 4. The average Bonchev–Trinajstić information content (AvgIpc) is 2.26. The van der Waals surface area contributed by atoms with E-state index >= 15 is 0 Å². The Morgan fingerprint density at radius 3 is 1.81 bits per heavy atom. The van der Waals surface area contributed by atoms with E-state index in [1.807, 2.05) is 0 Å². The number of ether oxygens (including phenoxy) is 3. The van der Waals surface area contributed by atoms with Gasteiger partial charge in [-0.15, -0.1) is 0 Å². The van der Waals surface area contributed by atoms with Crippen molar-refractivity contribution in [1.29, 1.82) is 0 Å². The zero-order valence-electron chi connectivity index (χ0n) is 10.7. The molecule has 0 saturated carbocycles. The molecule has 0 atom stereocenters. The maximum atomic E-state index is 10.8. The first kappa shape index (κ1) is 15.1. The molecule has 0 aromatic heterocycles. The van der Waals surface area contributed by atoms with Gasteiger partial charge in [0, 0.05) is 0 Å². The minimum absolute atomic E-state index is 0. The van der Waals surface area contributed by atoms with Gasteiger partial charge in [0.2, 0.25) is 5.75 Å². The normalized spacial score (nSPS) is 8.94. The second-order valence-electron chi connectivity index (χ2n) is 2.72. The van der Waals surface area contributed by atoms with Gasteiger partial charge in [0.1, 0.15) is 0 Å². The number of benzene rings is 1. The summed E-state index contributed by atoms with van der Waals surface area (Å²) in [5, 5.41) is 8.84. The zero-order chi connectivity index (χ0) is 11.4. The van der Waals surface area contributed by atoms with Gasteiger partial charge in [-0.2, -0.15) is 0 Å². The summed E-state index contributed by atoms with van der Waals surface area (Å²) in [5.41, 5.74) is 0.0875. The standard InChI is InChI=1S/C10H12O5.Na.H/c1-13-7-4-6(10(11)12)5-8(14-2)9(7)15-3;;/h4-5H,1-3H3,(H,11,12);;/q;+1;-1. The molecule has 1 aromatic carbocycles. The second-order valence-corrected chi connectivity index (χ2v) is 2.72. The molecule has 0 bridgehead atoms. The molecule has 0 spiro atoms. The van der Waals surface area contributed by atoms with Gasteiger partial charge < -0.3 is 20.7 Å². The molecule has 6 heteroatoms. The smallest absolute Gasteiger partial charge is 1.00 e. The number of hydrogen-bond donors (Lipinski definition) is 1. The molecule has 0 amide bonds. The third-order valence-electron chi connectivity index (χ3n) is 1.91. The van der Waals surface area contributed by atoms with E-state index in [1.165, 1.54) is 33.5 Å². The number of carboxylic acids is 1. The van der Waals surface area contributed by atoms with E-state index in [9.17, 15) is 4.79 Å². The summed E-state index contributed by atoms with van der Waals surface area (Å²) in [6.45, 7) is 0. The van der Waals surface area contributed by atoms with Crippen LogP contribution in [-0.4, -0.2) is 32.4 Å². The van der Waals surface area contributed by atoms with E-state index in [0.717, 1.165) is 0 Å². The van der Waals surface area contributed by atoms with Gasteiger partial charge in [0.05, 0.1) is 26.9 Å². The summed E-state index contributed by atoms with van der Waals surface area (Å²) in [4.78, 5) is 10.8. The first-order chi connectivity index (χ1) is 7.13. The van der Waals surface area contributed by atoms with Crippen molar-refractivity contribution in [3.05, 3.63) is 17.7 Å². The van der Waals surface area contributed by atoms with Crippen LogP contribution in [0.15, 0.2) is 12.1 Å². The molecular weight excluding hydrogens is 223 g/mol. The summed E-state index contributed by atoms with van der Waals surface area (Å²) in [6, 6.07) is 2.76. The van der Waals surface area contributed by atoms with Crippen molar-refractivity contribution in [2.75, 3.05) is 21.3 Å². The molecule has 0 unspecified atom stereocenters. The van der Waals surface area contributed by atoms with Crippen molar-refractivity contribution in [3.63, 3.8) is 0 Å². The van der Waals surface area contributed by atoms with Crippen LogP contribution < -0.4 is 43.8 Å². The average molecular weight is 236 g/mol.